The summed E-state index contributed by atoms with van der Waals surface area (Å²) in [5.74, 6) is 0.103. The molecule has 20 heavy (non-hydrogen) atoms. The third-order valence-corrected chi connectivity index (χ3v) is 3.79. The summed E-state index contributed by atoms with van der Waals surface area (Å²) in [7, 11) is 3.97. The second-order valence-corrected chi connectivity index (χ2v) is 5.65. The molecule has 1 aliphatic heterocycles. The first-order valence-electron chi connectivity index (χ1n) is 7.46. The first kappa shape index (κ1) is 14.9. The molecule has 1 saturated heterocycles. The maximum Gasteiger partial charge on any atom is 0.224 e. The zero-order chi connectivity index (χ0) is 14.4. The molecular weight excluding hydrogens is 250 g/mol. The number of para-hydroxylation sites is 2. The molecule has 1 amide bonds. The van der Waals surface area contributed by atoms with Crippen molar-refractivity contribution in [3.63, 3.8) is 0 Å². The van der Waals surface area contributed by atoms with Gasteiger partial charge in [0.05, 0.1) is 11.4 Å². The Morgan fingerprint density at radius 1 is 1.35 bits per heavy atom. The smallest absolute Gasteiger partial charge is 0.224 e. The van der Waals surface area contributed by atoms with Crippen molar-refractivity contribution in [3.8, 4) is 0 Å². The van der Waals surface area contributed by atoms with Gasteiger partial charge in [0, 0.05) is 26.6 Å². The molecule has 1 aliphatic rings. The SMILES string of the molecule is CN(C)c1ccccc1NC(=O)CCC1CCCCN1. The summed E-state index contributed by atoms with van der Waals surface area (Å²) in [6, 6.07) is 8.41. The number of piperidine rings is 1. The van der Waals surface area contributed by atoms with Crippen molar-refractivity contribution >= 4 is 17.3 Å². The molecule has 110 valence electrons. The summed E-state index contributed by atoms with van der Waals surface area (Å²) < 4.78 is 0. The third-order valence-electron chi connectivity index (χ3n) is 3.79. The van der Waals surface area contributed by atoms with Crippen LogP contribution in [0.1, 0.15) is 32.1 Å². The topological polar surface area (TPSA) is 44.4 Å². The number of nitrogens with zero attached hydrogens (tertiary/aromatic N) is 1. The molecule has 0 aliphatic carbocycles. The van der Waals surface area contributed by atoms with Crippen molar-refractivity contribution in [1.82, 2.24) is 5.32 Å². The summed E-state index contributed by atoms with van der Waals surface area (Å²) in [5, 5.41) is 6.50. The van der Waals surface area contributed by atoms with Gasteiger partial charge >= 0.3 is 0 Å². The first-order valence-corrected chi connectivity index (χ1v) is 7.46. The second-order valence-electron chi connectivity index (χ2n) is 5.65. The van der Waals surface area contributed by atoms with Gasteiger partial charge in [-0.3, -0.25) is 4.79 Å². The minimum Gasteiger partial charge on any atom is -0.376 e. The predicted octanol–water partition coefficient (Wildman–Crippen LogP) is 2.61. The Bertz CT molecular complexity index is 439. The highest BCUT2D eigenvalue weighted by Gasteiger charge is 2.14. The van der Waals surface area contributed by atoms with Gasteiger partial charge in [-0.1, -0.05) is 18.6 Å². The quantitative estimate of drug-likeness (QED) is 0.868. The number of hydrogen-bond acceptors (Lipinski definition) is 3. The Hall–Kier alpha value is -1.55. The Kier molecular flexibility index (Phi) is 5.41. The largest absolute Gasteiger partial charge is 0.376 e. The van der Waals surface area contributed by atoms with E-state index in [2.05, 4.69) is 10.6 Å². The molecule has 2 rings (SSSR count). The number of benzene rings is 1. The summed E-state index contributed by atoms with van der Waals surface area (Å²) in [5.41, 5.74) is 1.93. The lowest BCUT2D eigenvalue weighted by Gasteiger charge is -2.23. The number of carbonyl (C=O) groups excluding carboxylic acids is 1. The predicted molar refractivity (Wildman–Crippen MR) is 84.3 cm³/mol. The van der Waals surface area contributed by atoms with E-state index < -0.39 is 0 Å². The maximum atomic E-state index is 12.1. The highest BCUT2D eigenvalue weighted by molar-refractivity contribution is 5.94. The maximum absolute atomic E-state index is 12.1. The van der Waals surface area contributed by atoms with Crippen LogP contribution in [0, 0.1) is 0 Å². The second kappa shape index (κ2) is 7.29. The molecule has 1 fully saturated rings. The van der Waals surface area contributed by atoms with Crippen molar-refractivity contribution in [2.24, 2.45) is 0 Å². The number of hydrogen-bond donors (Lipinski definition) is 2. The molecule has 4 heteroatoms. The normalized spacial score (nSPS) is 18.6. The van der Waals surface area contributed by atoms with E-state index in [-0.39, 0.29) is 5.91 Å². The fourth-order valence-corrected chi connectivity index (χ4v) is 2.66. The van der Waals surface area contributed by atoms with E-state index in [1.807, 2.05) is 43.3 Å². The van der Waals surface area contributed by atoms with Gasteiger partial charge in [0.25, 0.3) is 0 Å². The van der Waals surface area contributed by atoms with E-state index in [4.69, 9.17) is 0 Å². The lowest BCUT2D eigenvalue weighted by Crippen LogP contribution is -2.34. The zero-order valence-electron chi connectivity index (χ0n) is 12.5. The molecule has 1 aromatic rings. The molecule has 1 aromatic carbocycles. The highest BCUT2D eigenvalue weighted by atomic mass is 16.1. The first-order chi connectivity index (χ1) is 9.66. The number of rotatable bonds is 5. The summed E-state index contributed by atoms with van der Waals surface area (Å²) in [6.07, 6.45) is 5.25. The Morgan fingerprint density at radius 2 is 2.15 bits per heavy atom. The standard InChI is InChI=1S/C16H25N3O/c1-19(2)15-9-4-3-8-14(15)18-16(20)11-10-13-7-5-6-12-17-13/h3-4,8-9,13,17H,5-7,10-12H2,1-2H3,(H,18,20). The van der Waals surface area contributed by atoms with Crippen LogP contribution in [0.25, 0.3) is 0 Å². The summed E-state index contributed by atoms with van der Waals surface area (Å²) >= 11 is 0. The van der Waals surface area contributed by atoms with Gasteiger partial charge in [-0.05, 0) is 37.9 Å². The molecular formula is C16H25N3O. The summed E-state index contributed by atoms with van der Waals surface area (Å²) in [4.78, 5) is 14.1. The van der Waals surface area contributed by atoms with Crippen molar-refractivity contribution in [1.29, 1.82) is 0 Å². The van der Waals surface area contributed by atoms with Crippen LogP contribution in [0.15, 0.2) is 24.3 Å². The van der Waals surface area contributed by atoms with E-state index >= 15 is 0 Å². The van der Waals surface area contributed by atoms with E-state index in [9.17, 15) is 4.79 Å². The minimum absolute atomic E-state index is 0.103. The van der Waals surface area contributed by atoms with Crippen LogP contribution in [0.2, 0.25) is 0 Å². The number of amides is 1. The average molecular weight is 275 g/mol. The molecule has 1 atom stereocenters. The van der Waals surface area contributed by atoms with Gasteiger partial charge in [0.1, 0.15) is 0 Å². The van der Waals surface area contributed by atoms with E-state index in [0.29, 0.717) is 12.5 Å². The average Bonchev–Trinajstić information content (AvgIpc) is 2.46. The van der Waals surface area contributed by atoms with E-state index in [1.54, 1.807) is 0 Å². The van der Waals surface area contributed by atoms with Gasteiger partial charge in [-0.25, -0.2) is 0 Å². The van der Waals surface area contributed by atoms with Gasteiger partial charge < -0.3 is 15.5 Å². The fraction of sp³-hybridized carbons (Fsp3) is 0.562. The van der Waals surface area contributed by atoms with Crippen molar-refractivity contribution in [3.05, 3.63) is 24.3 Å². The molecule has 1 unspecified atom stereocenters. The Labute approximate surface area is 121 Å². The van der Waals surface area contributed by atoms with Crippen LogP contribution in [-0.4, -0.2) is 32.6 Å². The van der Waals surface area contributed by atoms with Gasteiger partial charge in [0.15, 0.2) is 0 Å². The Morgan fingerprint density at radius 3 is 2.85 bits per heavy atom. The molecule has 4 nitrogen and oxygen atoms in total. The minimum atomic E-state index is 0.103. The molecule has 2 N–H and O–H groups in total. The lowest BCUT2D eigenvalue weighted by atomic mass is 10.0. The van der Waals surface area contributed by atoms with Crippen LogP contribution in [-0.2, 0) is 4.79 Å². The Balaban J connectivity index is 1.85. The molecule has 0 radical (unpaired) electrons. The highest BCUT2D eigenvalue weighted by Crippen LogP contribution is 2.23. The lowest BCUT2D eigenvalue weighted by molar-refractivity contribution is -0.116. The van der Waals surface area contributed by atoms with Crippen LogP contribution in [0.3, 0.4) is 0 Å². The van der Waals surface area contributed by atoms with Gasteiger partial charge in [-0.2, -0.15) is 0 Å². The number of carbonyl (C=O) groups is 1. The van der Waals surface area contributed by atoms with Crippen LogP contribution >= 0.6 is 0 Å². The fourth-order valence-electron chi connectivity index (χ4n) is 2.66. The third kappa shape index (κ3) is 4.23. The van der Waals surface area contributed by atoms with Crippen LogP contribution in [0.5, 0.6) is 0 Å². The summed E-state index contributed by atoms with van der Waals surface area (Å²) in [6.45, 7) is 1.09. The monoisotopic (exact) mass is 275 g/mol. The number of nitrogens with one attached hydrogen (secondary N) is 2. The molecule has 0 saturated carbocycles. The van der Waals surface area contributed by atoms with Gasteiger partial charge in [-0.15, -0.1) is 0 Å². The molecule has 0 spiro atoms. The van der Waals surface area contributed by atoms with Gasteiger partial charge in [0.2, 0.25) is 5.91 Å². The number of anilines is 2. The van der Waals surface area contributed by atoms with Crippen molar-refractivity contribution in [2.75, 3.05) is 30.9 Å². The molecule has 1 heterocycles. The molecule has 0 aromatic heterocycles. The van der Waals surface area contributed by atoms with Crippen molar-refractivity contribution < 1.29 is 4.79 Å². The van der Waals surface area contributed by atoms with Crippen LogP contribution < -0.4 is 15.5 Å². The molecule has 0 bridgehead atoms. The van der Waals surface area contributed by atoms with E-state index in [1.165, 1.54) is 19.3 Å². The van der Waals surface area contributed by atoms with E-state index in [0.717, 1.165) is 24.3 Å². The van der Waals surface area contributed by atoms with Crippen molar-refractivity contribution in [2.45, 2.75) is 38.1 Å². The zero-order valence-corrected chi connectivity index (χ0v) is 12.5. The van der Waals surface area contributed by atoms with Crippen LogP contribution in [0.4, 0.5) is 11.4 Å².